The minimum Gasteiger partial charge on any atom is -0.294 e. The molecule has 2 heterocycles. The van der Waals surface area contributed by atoms with Crippen LogP contribution in [0.4, 0.5) is 0 Å². The second-order valence-corrected chi connectivity index (χ2v) is 6.85. The van der Waals surface area contributed by atoms with Gasteiger partial charge in [0.25, 0.3) is 0 Å². The average molecular weight is 291 g/mol. The number of likely N-dealkylation sites (N-methyl/N-ethyl adjacent to an activating group) is 1. The van der Waals surface area contributed by atoms with Gasteiger partial charge in [0.15, 0.2) is 10.8 Å². The lowest BCUT2D eigenvalue weighted by molar-refractivity contribution is -0.537. The van der Waals surface area contributed by atoms with E-state index in [1.165, 1.54) is 11.9 Å². The second kappa shape index (κ2) is 4.24. The van der Waals surface area contributed by atoms with E-state index in [0.29, 0.717) is 5.84 Å². The highest BCUT2D eigenvalue weighted by molar-refractivity contribution is 7.92. The summed E-state index contributed by atoms with van der Waals surface area (Å²) in [4.78, 5) is 15.6. The number of hydrogen-bond acceptors (Lipinski definition) is 9. The number of nitro groups is 1. The maximum absolute atomic E-state index is 11.3. The van der Waals surface area contributed by atoms with Crippen molar-refractivity contribution in [3.8, 4) is 0 Å². The van der Waals surface area contributed by atoms with Gasteiger partial charge in [0.05, 0.1) is 0 Å². The van der Waals surface area contributed by atoms with Gasteiger partial charge < -0.3 is 0 Å². The zero-order valence-corrected chi connectivity index (χ0v) is 11.1. The number of sulfone groups is 1. The smallest absolute Gasteiger partial charge is 0.294 e. The van der Waals surface area contributed by atoms with Crippen molar-refractivity contribution in [1.82, 2.24) is 15.1 Å². The molecule has 0 saturated heterocycles. The summed E-state index contributed by atoms with van der Waals surface area (Å²) < 4.78 is 22.4. The molecule has 0 aromatic carbocycles. The summed E-state index contributed by atoms with van der Waals surface area (Å²) in [6.07, 6.45) is 0.0858. The lowest BCUT2D eigenvalue weighted by Crippen LogP contribution is -2.38. The molecule has 11 heteroatoms. The van der Waals surface area contributed by atoms with Crippen LogP contribution in [-0.4, -0.2) is 60.3 Å². The van der Waals surface area contributed by atoms with Crippen molar-refractivity contribution < 1.29 is 13.3 Å². The first-order chi connectivity index (χ1) is 8.30. The van der Waals surface area contributed by atoms with E-state index >= 15 is 0 Å². The first-order valence-corrected chi connectivity index (χ1v) is 7.46. The van der Waals surface area contributed by atoms with E-state index in [9.17, 15) is 18.5 Å². The lowest BCUT2D eigenvalue weighted by atomic mass is 10.5. The highest BCUT2D eigenvalue weighted by Crippen LogP contribution is 2.20. The van der Waals surface area contributed by atoms with Crippen LogP contribution < -0.4 is 0 Å². The van der Waals surface area contributed by atoms with E-state index in [2.05, 4.69) is 15.2 Å². The Bertz CT molecular complexity index is 622. The Morgan fingerprint density at radius 1 is 1.50 bits per heavy atom. The summed E-state index contributed by atoms with van der Waals surface area (Å²) in [5.41, 5.74) is 0. The maximum atomic E-state index is 11.3. The quantitative estimate of drug-likeness (QED) is 0.530. The predicted octanol–water partition coefficient (Wildman–Crippen LogP) is -0.764. The van der Waals surface area contributed by atoms with Crippen molar-refractivity contribution in [3.63, 3.8) is 0 Å². The van der Waals surface area contributed by atoms with Crippen LogP contribution in [0.1, 0.15) is 5.01 Å². The molecule has 18 heavy (non-hydrogen) atoms. The summed E-state index contributed by atoms with van der Waals surface area (Å²) in [5, 5.41) is 18.2. The molecular formula is C7H9N5O4S2. The molecule has 0 amide bonds. The molecule has 0 radical (unpaired) electrons. The standard InChI is InChI=1S/C7H9N5O4S2/c1-11-4(12(13)14)3-8-5(11)6-9-10-7(17-6)18(2,15)16/h4H,3H2,1-2H3. The Morgan fingerprint density at radius 3 is 2.61 bits per heavy atom. The van der Waals surface area contributed by atoms with Crippen molar-refractivity contribution in [2.75, 3.05) is 19.8 Å². The van der Waals surface area contributed by atoms with Gasteiger partial charge >= 0.3 is 6.17 Å². The summed E-state index contributed by atoms with van der Waals surface area (Å²) in [6, 6.07) is 0. The van der Waals surface area contributed by atoms with Crippen LogP contribution in [0, 0.1) is 10.1 Å². The number of nitrogens with zero attached hydrogens (tertiary/aromatic N) is 5. The maximum Gasteiger partial charge on any atom is 0.307 e. The highest BCUT2D eigenvalue weighted by atomic mass is 32.2. The van der Waals surface area contributed by atoms with Gasteiger partial charge in [-0.05, 0) is 0 Å². The first kappa shape index (κ1) is 12.8. The zero-order chi connectivity index (χ0) is 13.5. The molecule has 0 fully saturated rings. The number of hydrogen-bond donors (Lipinski definition) is 0. The molecule has 1 unspecified atom stereocenters. The van der Waals surface area contributed by atoms with E-state index in [0.717, 1.165) is 17.6 Å². The van der Waals surface area contributed by atoms with Crippen LogP contribution in [0.15, 0.2) is 9.33 Å². The molecule has 0 aliphatic carbocycles. The van der Waals surface area contributed by atoms with Crippen LogP contribution >= 0.6 is 11.3 Å². The molecular weight excluding hydrogens is 282 g/mol. The number of aromatic nitrogens is 2. The number of rotatable bonds is 3. The third-order valence-electron chi connectivity index (χ3n) is 2.34. The van der Waals surface area contributed by atoms with Gasteiger partial charge in [0, 0.05) is 18.2 Å². The largest absolute Gasteiger partial charge is 0.307 e. The van der Waals surface area contributed by atoms with Crippen molar-refractivity contribution in [2.45, 2.75) is 10.5 Å². The lowest BCUT2D eigenvalue weighted by Gasteiger charge is -2.14. The van der Waals surface area contributed by atoms with E-state index in [1.54, 1.807) is 0 Å². The normalized spacial score (nSPS) is 20.0. The fourth-order valence-electron chi connectivity index (χ4n) is 1.42. The highest BCUT2D eigenvalue weighted by Gasteiger charge is 2.35. The minimum absolute atomic E-state index is 0.0205. The molecule has 1 aliphatic rings. The molecule has 1 atom stereocenters. The van der Waals surface area contributed by atoms with E-state index in [4.69, 9.17) is 0 Å². The fraction of sp³-hybridized carbons (Fsp3) is 0.571. The molecule has 1 aliphatic heterocycles. The van der Waals surface area contributed by atoms with E-state index < -0.39 is 20.9 Å². The first-order valence-electron chi connectivity index (χ1n) is 4.75. The van der Waals surface area contributed by atoms with Gasteiger partial charge in [0.2, 0.25) is 14.2 Å². The zero-order valence-electron chi connectivity index (χ0n) is 9.47. The Morgan fingerprint density at radius 2 is 2.17 bits per heavy atom. The summed E-state index contributed by atoms with van der Waals surface area (Å²) >= 11 is 0.849. The minimum atomic E-state index is -3.42. The third-order valence-corrected chi connectivity index (χ3v) is 4.93. The van der Waals surface area contributed by atoms with Crippen LogP contribution in [0.2, 0.25) is 0 Å². The SMILES string of the molecule is CN1C(c2nnc(S(C)(=O)=O)s2)=NCC1[N+](=O)[O-]. The van der Waals surface area contributed by atoms with Crippen molar-refractivity contribution in [1.29, 1.82) is 0 Å². The molecule has 0 N–H and O–H groups in total. The number of aliphatic imine (C=N–C) groups is 1. The second-order valence-electron chi connectivity index (χ2n) is 3.69. The topological polar surface area (TPSA) is 119 Å². The van der Waals surface area contributed by atoms with Gasteiger partial charge in [-0.3, -0.25) is 20.0 Å². The molecule has 98 valence electrons. The van der Waals surface area contributed by atoms with Gasteiger partial charge in [-0.2, -0.15) is 0 Å². The van der Waals surface area contributed by atoms with Crippen LogP contribution in [0.25, 0.3) is 0 Å². The Labute approximate surface area is 106 Å². The van der Waals surface area contributed by atoms with Crippen LogP contribution in [0.3, 0.4) is 0 Å². The van der Waals surface area contributed by atoms with E-state index in [1.807, 2.05) is 0 Å². The molecule has 1 aromatic rings. The summed E-state index contributed by atoms with van der Waals surface area (Å²) in [7, 11) is -1.91. The summed E-state index contributed by atoms with van der Waals surface area (Å²) in [6.45, 7) is 0.0205. The van der Waals surface area contributed by atoms with E-state index in [-0.39, 0.29) is 15.9 Å². The number of amidine groups is 1. The molecule has 1 aromatic heterocycles. The monoisotopic (exact) mass is 291 g/mol. The predicted molar refractivity (Wildman–Crippen MR) is 63.0 cm³/mol. The average Bonchev–Trinajstić information content (AvgIpc) is 2.81. The third kappa shape index (κ3) is 2.18. The van der Waals surface area contributed by atoms with Crippen molar-refractivity contribution >= 4 is 27.0 Å². The van der Waals surface area contributed by atoms with Gasteiger partial charge in [-0.1, -0.05) is 11.3 Å². The Hall–Kier alpha value is -1.62. The van der Waals surface area contributed by atoms with Crippen molar-refractivity contribution in [2.24, 2.45) is 4.99 Å². The van der Waals surface area contributed by atoms with Crippen molar-refractivity contribution in [3.05, 3.63) is 15.1 Å². The molecule has 9 nitrogen and oxygen atoms in total. The fourth-order valence-corrected chi connectivity index (χ4v) is 3.08. The van der Waals surface area contributed by atoms with Crippen LogP contribution in [0.5, 0.6) is 0 Å². The molecule has 0 saturated carbocycles. The van der Waals surface area contributed by atoms with Crippen LogP contribution in [-0.2, 0) is 9.84 Å². The Balaban J connectivity index is 2.29. The molecule has 2 rings (SSSR count). The van der Waals surface area contributed by atoms with Gasteiger partial charge in [-0.15, -0.1) is 10.2 Å². The summed E-state index contributed by atoms with van der Waals surface area (Å²) in [5.74, 6) is 0.295. The molecule has 0 bridgehead atoms. The Kier molecular flexibility index (Phi) is 3.02. The molecule has 0 spiro atoms. The van der Waals surface area contributed by atoms with Gasteiger partial charge in [-0.25, -0.2) is 8.42 Å². The van der Waals surface area contributed by atoms with Gasteiger partial charge in [0.1, 0.15) is 6.54 Å².